The van der Waals surface area contributed by atoms with Gasteiger partial charge in [-0.3, -0.25) is 0 Å². The van der Waals surface area contributed by atoms with Gasteiger partial charge in [0.15, 0.2) is 5.13 Å². The predicted molar refractivity (Wildman–Crippen MR) is 92.4 cm³/mol. The molecule has 0 spiro atoms. The van der Waals surface area contributed by atoms with Crippen LogP contribution in [-0.2, 0) is 11.3 Å². The van der Waals surface area contributed by atoms with Crippen LogP contribution >= 0.6 is 11.3 Å². The van der Waals surface area contributed by atoms with Crippen molar-refractivity contribution in [3.8, 4) is 0 Å². The zero-order valence-electron chi connectivity index (χ0n) is 14.6. The smallest absolute Gasteiger partial charge is 0.186 e. The molecule has 5 heteroatoms. The molecule has 21 heavy (non-hydrogen) atoms. The van der Waals surface area contributed by atoms with Crippen molar-refractivity contribution >= 4 is 16.5 Å². The van der Waals surface area contributed by atoms with Crippen LogP contribution in [0.5, 0.6) is 0 Å². The molecule has 1 unspecified atom stereocenters. The Kier molecular flexibility index (Phi) is 7.10. The Morgan fingerprint density at radius 1 is 1.38 bits per heavy atom. The van der Waals surface area contributed by atoms with E-state index in [1.807, 2.05) is 0 Å². The molecule has 1 rings (SSSR count). The molecule has 0 aliphatic rings. The highest BCUT2D eigenvalue weighted by Crippen LogP contribution is 2.28. The lowest BCUT2D eigenvalue weighted by atomic mass is 10.1. The molecule has 0 aromatic carbocycles. The molecule has 0 radical (unpaired) electrons. The fourth-order valence-electron chi connectivity index (χ4n) is 1.96. The molecular weight excluding hydrogens is 282 g/mol. The molecule has 1 aromatic rings. The third kappa shape index (κ3) is 5.93. The summed E-state index contributed by atoms with van der Waals surface area (Å²) in [4.78, 5) is 8.47. The van der Waals surface area contributed by atoms with Crippen molar-refractivity contribution in [2.24, 2.45) is 0 Å². The molecule has 122 valence electrons. The molecule has 1 N–H and O–H groups in total. The number of rotatable bonds is 8. The second-order valence-corrected chi connectivity index (χ2v) is 7.61. The van der Waals surface area contributed by atoms with Crippen molar-refractivity contribution in [1.29, 1.82) is 0 Å². The van der Waals surface area contributed by atoms with Crippen molar-refractivity contribution in [1.82, 2.24) is 10.3 Å². The van der Waals surface area contributed by atoms with Crippen molar-refractivity contribution in [3.63, 3.8) is 0 Å². The second-order valence-electron chi connectivity index (χ2n) is 6.55. The minimum atomic E-state index is 0.128. The third-order valence-corrected chi connectivity index (χ3v) is 4.76. The molecular formula is C16H31N3OS. The summed E-state index contributed by atoms with van der Waals surface area (Å²) in [5, 5.41) is 4.66. The first-order chi connectivity index (χ1) is 9.78. The molecule has 0 aliphatic heterocycles. The summed E-state index contributed by atoms with van der Waals surface area (Å²) >= 11 is 1.80. The topological polar surface area (TPSA) is 37.4 Å². The minimum absolute atomic E-state index is 0.128. The molecule has 0 aliphatic carbocycles. The monoisotopic (exact) mass is 313 g/mol. The van der Waals surface area contributed by atoms with E-state index in [4.69, 9.17) is 9.72 Å². The molecule has 1 atom stereocenters. The Morgan fingerprint density at radius 3 is 2.57 bits per heavy atom. The number of nitrogens with one attached hydrogen (secondary N) is 1. The lowest BCUT2D eigenvalue weighted by molar-refractivity contribution is 0.203. The lowest BCUT2D eigenvalue weighted by Gasteiger charge is -2.27. The van der Waals surface area contributed by atoms with Crippen molar-refractivity contribution in [2.75, 3.05) is 25.2 Å². The number of hydrogen-bond donors (Lipinski definition) is 1. The van der Waals surface area contributed by atoms with E-state index in [1.54, 1.807) is 18.4 Å². The number of aryl methyl sites for hydroxylation is 1. The van der Waals surface area contributed by atoms with Gasteiger partial charge in [-0.1, -0.05) is 6.92 Å². The Hall–Kier alpha value is -0.650. The van der Waals surface area contributed by atoms with E-state index in [1.165, 1.54) is 4.88 Å². The molecule has 4 nitrogen and oxygen atoms in total. The molecule has 0 fully saturated rings. The predicted octanol–water partition coefficient (Wildman–Crippen LogP) is 3.59. The Labute approximate surface area is 133 Å². The van der Waals surface area contributed by atoms with Crippen molar-refractivity contribution in [3.05, 3.63) is 10.6 Å². The summed E-state index contributed by atoms with van der Waals surface area (Å²) in [5.41, 5.74) is 1.26. The molecule has 0 saturated heterocycles. The summed E-state index contributed by atoms with van der Waals surface area (Å²) in [6.45, 7) is 15.6. The number of aromatic nitrogens is 1. The van der Waals surface area contributed by atoms with Gasteiger partial charge in [0.2, 0.25) is 0 Å². The summed E-state index contributed by atoms with van der Waals surface area (Å²) in [5.74, 6) is 0. The normalized spacial score (nSPS) is 13.5. The van der Waals surface area contributed by atoms with Crippen molar-refractivity contribution < 1.29 is 4.74 Å². The van der Waals surface area contributed by atoms with Crippen LogP contribution in [0.25, 0.3) is 0 Å². The maximum Gasteiger partial charge on any atom is 0.186 e. The Morgan fingerprint density at radius 2 is 2.05 bits per heavy atom. The van der Waals surface area contributed by atoms with Gasteiger partial charge < -0.3 is 15.0 Å². The fraction of sp³-hybridized carbons (Fsp3) is 0.812. The van der Waals surface area contributed by atoms with Crippen LogP contribution < -0.4 is 10.2 Å². The molecule has 0 bridgehead atoms. The van der Waals surface area contributed by atoms with Gasteiger partial charge in [0.1, 0.15) is 0 Å². The fourth-order valence-corrected chi connectivity index (χ4v) is 3.09. The third-order valence-electron chi connectivity index (χ3n) is 3.57. The standard InChI is InChI=1S/C16H31N3OS/c1-8-12(2)19(9-10-20-7)15-18-13(3)14(21-15)11-17-16(4,5)6/h12,17H,8-11H2,1-7H3. The first-order valence-corrected chi connectivity index (χ1v) is 8.57. The molecule has 0 amide bonds. The number of nitrogens with zero attached hydrogens (tertiary/aromatic N) is 2. The highest BCUT2D eigenvalue weighted by Gasteiger charge is 2.19. The van der Waals surface area contributed by atoms with Gasteiger partial charge in [0.25, 0.3) is 0 Å². The summed E-state index contributed by atoms with van der Waals surface area (Å²) in [7, 11) is 1.75. The van der Waals surface area contributed by atoms with Gasteiger partial charge in [0.05, 0.1) is 12.3 Å². The maximum atomic E-state index is 5.24. The summed E-state index contributed by atoms with van der Waals surface area (Å²) in [6.07, 6.45) is 1.11. The Balaban J connectivity index is 2.85. The molecule has 0 saturated carbocycles. The zero-order chi connectivity index (χ0) is 16.0. The SMILES string of the molecule is CCC(C)N(CCOC)c1nc(C)c(CNC(C)(C)C)s1. The number of methoxy groups -OCH3 is 1. The van der Waals surface area contributed by atoms with E-state index >= 15 is 0 Å². The minimum Gasteiger partial charge on any atom is -0.383 e. The zero-order valence-corrected chi connectivity index (χ0v) is 15.4. The van der Waals surface area contributed by atoms with Crippen LogP contribution in [0.1, 0.15) is 51.6 Å². The van der Waals surface area contributed by atoms with Gasteiger partial charge in [0, 0.05) is 36.7 Å². The highest BCUT2D eigenvalue weighted by molar-refractivity contribution is 7.15. The molecule has 1 aromatic heterocycles. The van der Waals surface area contributed by atoms with Crippen LogP contribution in [0.2, 0.25) is 0 Å². The lowest BCUT2D eigenvalue weighted by Crippen LogP contribution is -2.35. The van der Waals surface area contributed by atoms with E-state index in [9.17, 15) is 0 Å². The first kappa shape index (κ1) is 18.4. The van der Waals surface area contributed by atoms with Crippen LogP contribution in [0.15, 0.2) is 0 Å². The number of anilines is 1. The largest absolute Gasteiger partial charge is 0.383 e. The number of hydrogen-bond acceptors (Lipinski definition) is 5. The number of thiazole rings is 1. The van der Waals surface area contributed by atoms with E-state index in [-0.39, 0.29) is 5.54 Å². The first-order valence-electron chi connectivity index (χ1n) is 7.75. The second kappa shape index (κ2) is 8.11. The van der Waals surface area contributed by atoms with Gasteiger partial charge in [-0.15, -0.1) is 11.3 Å². The average molecular weight is 314 g/mol. The van der Waals surface area contributed by atoms with E-state index in [0.29, 0.717) is 6.04 Å². The van der Waals surface area contributed by atoms with E-state index in [0.717, 1.165) is 36.9 Å². The highest BCUT2D eigenvalue weighted by atomic mass is 32.1. The maximum absolute atomic E-state index is 5.24. The van der Waals surface area contributed by atoms with Crippen LogP contribution in [-0.4, -0.2) is 36.8 Å². The van der Waals surface area contributed by atoms with Gasteiger partial charge in [-0.05, 0) is 41.0 Å². The van der Waals surface area contributed by atoms with Gasteiger partial charge in [-0.25, -0.2) is 4.98 Å². The van der Waals surface area contributed by atoms with Crippen LogP contribution in [0.3, 0.4) is 0 Å². The van der Waals surface area contributed by atoms with Crippen LogP contribution in [0.4, 0.5) is 5.13 Å². The number of ether oxygens (including phenoxy) is 1. The van der Waals surface area contributed by atoms with Gasteiger partial charge in [-0.2, -0.15) is 0 Å². The van der Waals surface area contributed by atoms with E-state index in [2.05, 4.69) is 51.8 Å². The van der Waals surface area contributed by atoms with Crippen molar-refractivity contribution in [2.45, 2.75) is 66.1 Å². The molecule has 1 heterocycles. The summed E-state index contributed by atoms with van der Waals surface area (Å²) < 4.78 is 5.24. The van der Waals surface area contributed by atoms with E-state index < -0.39 is 0 Å². The Bertz CT molecular complexity index is 426. The average Bonchev–Trinajstić information content (AvgIpc) is 2.77. The summed E-state index contributed by atoms with van der Waals surface area (Å²) in [6, 6.07) is 0.481. The van der Waals surface area contributed by atoms with Gasteiger partial charge >= 0.3 is 0 Å². The van der Waals surface area contributed by atoms with Crippen LogP contribution in [0, 0.1) is 6.92 Å². The quantitative estimate of drug-likeness (QED) is 0.796.